The summed E-state index contributed by atoms with van der Waals surface area (Å²) in [6, 6.07) is 11.6. The lowest BCUT2D eigenvalue weighted by Gasteiger charge is -2.15. The molecule has 1 N–H and O–H groups in total. The van der Waals surface area contributed by atoms with E-state index < -0.39 is 0 Å². The van der Waals surface area contributed by atoms with Crippen LogP contribution >= 0.6 is 11.3 Å². The Hall–Kier alpha value is -3.26. The minimum Gasteiger partial charge on any atom is -0.493 e. The van der Waals surface area contributed by atoms with Crippen LogP contribution < -0.4 is 19.5 Å². The number of pyridine rings is 1. The Morgan fingerprint density at radius 2 is 1.70 bits per heavy atom. The Labute approximate surface area is 160 Å². The Kier molecular flexibility index (Phi) is 4.55. The van der Waals surface area contributed by atoms with Gasteiger partial charge in [0, 0.05) is 24.0 Å². The molecule has 7 nitrogen and oxygen atoms in total. The van der Waals surface area contributed by atoms with Crippen molar-refractivity contribution in [3.8, 4) is 28.0 Å². The smallest absolute Gasteiger partial charge is 0.203 e. The van der Waals surface area contributed by atoms with E-state index in [1.807, 2.05) is 52.4 Å². The van der Waals surface area contributed by atoms with Gasteiger partial charge in [-0.05, 0) is 23.6 Å². The molecule has 4 aromatic rings. The second-order valence-electron chi connectivity index (χ2n) is 5.69. The van der Waals surface area contributed by atoms with Gasteiger partial charge in [0.05, 0.1) is 31.9 Å². The first kappa shape index (κ1) is 17.2. The van der Waals surface area contributed by atoms with Crippen molar-refractivity contribution in [2.24, 2.45) is 0 Å². The van der Waals surface area contributed by atoms with Gasteiger partial charge in [-0.25, -0.2) is 0 Å². The van der Waals surface area contributed by atoms with E-state index in [1.165, 1.54) is 0 Å². The fraction of sp³-hybridized carbons (Fsp3) is 0.158. The normalized spacial score (nSPS) is 10.8. The number of anilines is 2. The van der Waals surface area contributed by atoms with Gasteiger partial charge < -0.3 is 19.5 Å². The lowest BCUT2D eigenvalue weighted by atomic mass is 10.2. The first-order valence-electron chi connectivity index (χ1n) is 8.19. The van der Waals surface area contributed by atoms with Gasteiger partial charge >= 0.3 is 0 Å². The van der Waals surface area contributed by atoms with E-state index in [0.29, 0.717) is 17.2 Å². The molecule has 1 aromatic carbocycles. The van der Waals surface area contributed by atoms with E-state index in [0.717, 1.165) is 27.7 Å². The summed E-state index contributed by atoms with van der Waals surface area (Å²) in [6.07, 6.45) is 1.97. The molecule has 0 aliphatic heterocycles. The molecule has 0 aliphatic rings. The molecule has 3 aromatic heterocycles. The highest BCUT2D eigenvalue weighted by Crippen LogP contribution is 2.40. The zero-order valence-corrected chi connectivity index (χ0v) is 15.9. The number of hydrogen-bond donors (Lipinski definition) is 1. The zero-order chi connectivity index (χ0) is 18.8. The summed E-state index contributed by atoms with van der Waals surface area (Å²) in [5.74, 6) is 2.54. The molecule has 3 heterocycles. The van der Waals surface area contributed by atoms with E-state index in [2.05, 4.69) is 15.5 Å². The molecule has 4 rings (SSSR count). The van der Waals surface area contributed by atoms with Crippen LogP contribution in [0.3, 0.4) is 0 Å². The number of nitrogens with one attached hydrogen (secondary N) is 1. The van der Waals surface area contributed by atoms with Crippen LogP contribution in [0.4, 0.5) is 11.4 Å². The summed E-state index contributed by atoms with van der Waals surface area (Å²) in [6.45, 7) is 0. The number of ether oxygens (including phenoxy) is 3. The van der Waals surface area contributed by atoms with E-state index in [-0.39, 0.29) is 0 Å². The molecule has 0 amide bonds. The van der Waals surface area contributed by atoms with Gasteiger partial charge in [0.15, 0.2) is 23.0 Å². The maximum Gasteiger partial charge on any atom is 0.203 e. The van der Waals surface area contributed by atoms with Crippen LogP contribution in [0.1, 0.15) is 0 Å². The van der Waals surface area contributed by atoms with Crippen molar-refractivity contribution in [3.63, 3.8) is 0 Å². The summed E-state index contributed by atoms with van der Waals surface area (Å²) < 4.78 is 18.2. The maximum atomic E-state index is 5.41. The van der Waals surface area contributed by atoms with Gasteiger partial charge in [-0.1, -0.05) is 6.07 Å². The average Bonchev–Trinajstić information content (AvgIpc) is 3.36. The quantitative estimate of drug-likeness (QED) is 0.538. The summed E-state index contributed by atoms with van der Waals surface area (Å²) in [7, 11) is 4.77. The summed E-state index contributed by atoms with van der Waals surface area (Å²) in [5.41, 5.74) is 2.48. The number of fused-ring (bicyclic) bond motifs is 1. The first-order chi connectivity index (χ1) is 13.2. The molecule has 0 saturated carbocycles. The third-order valence-corrected chi connectivity index (χ3v) is 4.96. The van der Waals surface area contributed by atoms with Crippen LogP contribution in [-0.2, 0) is 0 Å². The molecular formula is C19H18N4O3S. The van der Waals surface area contributed by atoms with E-state index in [4.69, 9.17) is 14.2 Å². The number of rotatable bonds is 6. The highest BCUT2D eigenvalue weighted by atomic mass is 32.1. The summed E-state index contributed by atoms with van der Waals surface area (Å²) in [5, 5.41) is 13.9. The SMILES string of the molecule is COc1cc(Nc2ccc3nnc(-c4cccs4)n3c2)cc(OC)c1OC. The van der Waals surface area contributed by atoms with Crippen LogP contribution in [0.5, 0.6) is 17.2 Å². The monoisotopic (exact) mass is 382 g/mol. The highest BCUT2D eigenvalue weighted by molar-refractivity contribution is 7.13. The molecule has 138 valence electrons. The number of benzene rings is 1. The minimum atomic E-state index is 0.555. The molecule has 0 aliphatic carbocycles. The fourth-order valence-electron chi connectivity index (χ4n) is 2.86. The van der Waals surface area contributed by atoms with Crippen LogP contribution in [0.15, 0.2) is 48.0 Å². The molecule has 0 atom stereocenters. The third-order valence-electron chi connectivity index (χ3n) is 4.10. The van der Waals surface area contributed by atoms with E-state index >= 15 is 0 Å². The van der Waals surface area contributed by atoms with Crippen LogP contribution in [0.25, 0.3) is 16.3 Å². The van der Waals surface area contributed by atoms with Crippen LogP contribution in [-0.4, -0.2) is 35.9 Å². The Balaban J connectivity index is 1.72. The second-order valence-corrected chi connectivity index (χ2v) is 6.63. The Morgan fingerprint density at radius 3 is 2.33 bits per heavy atom. The predicted molar refractivity (Wildman–Crippen MR) is 106 cm³/mol. The standard InChI is InChI=1S/C19H18N4O3S/c1-24-14-9-13(10-15(25-2)18(14)26-3)20-12-6-7-17-21-22-19(23(17)11-12)16-5-4-8-27-16/h4-11,20H,1-3H3. The molecular weight excluding hydrogens is 364 g/mol. The lowest BCUT2D eigenvalue weighted by Crippen LogP contribution is -1.99. The highest BCUT2D eigenvalue weighted by Gasteiger charge is 2.14. The molecule has 27 heavy (non-hydrogen) atoms. The maximum absolute atomic E-state index is 5.41. The largest absolute Gasteiger partial charge is 0.493 e. The summed E-state index contributed by atoms with van der Waals surface area (Å²) in [4.78, 5) is 1.06. The van der Waals surface area contributed by atoms with Gasteiger partial charge in [-0.2, -0.15) is 0 Å². The topological polar surface area (TPSA) is 69.9 Å². The number of aromatic nitrogens is 3. The number of thiophene rings is 1. The van der Waals surface area contributed by atoms with Crippen LogP contribution in [0.2, 0.25) is 0 Å². The van der Waals surface area contributed by atoms with E-state index in [1.54, 1.807) is 32.7 Å². The van der Waals surface area contributed by atoms with Gasteiger partial charge in [-0.3, -0.25) is 4.40 Å². The van der Waals surface area contributed by atoms with Crippen molar-refractivity contribution in [3.05, 3.63) is 48.0 Å². The average molecular weight is 382 g/mol. The third kappa shape index (κ3) is 3.15. The van der Waals surface area contributed by atoms with Crippen molar-refractivity contribution in [1.29, 1.82) is 0 Å². The van der Waals surface area contributed by atoms with Crippen molar-refractivity contribution in [2.75, 3.05) is 26.6 Å². The van der Waals surface area contributed by atoms with Crippen LogP contribution in [0, 0.1) is 0 Å². The zero-order valence-electron chi connectivity index (χ0n) is 15.1. The Morgan fingerprint density at radius 1 is 0.926 bits per heavy atom. The van der Waals surface area contributed by atoms with Crippen molar-refractivity contribution < 1.29 is 14.2 Å². The van der Waals surface area contributed by atoms with E-state index in [9.17, 15) is 0 Å². The van der Waals surface area contributed by atoms with Gasteiger partial charge in [0.25, 0.3) is 0 Å². The van der Waals surface area contributed by atoms with Crippen molar-refractivity contribution in [1.82, 2.24) is 14.6 Å². The van der Waals surface area contributed by atoms with Gasteiger partial charge in [-0.15, -0.1) is 21.5 Å². The second kappa shape index (κ2) is 7.16. The first-order valence-corrected chi connectivity index (χ1v) is 9.07. The Bertz CT molecular complexity index is 1050. The van der Waals surface area contributed by atoms with Gasteiger partial charge in [0.2, 0.25) is 5.75 Å². The fourth-order valence-corrected chi connectivity index (χ4v) is 3.56. The van der Waals surface area contributed by atoms with Crippen molar-refractivity contribution >= 4 is 28.4 Å². The van der Waals surface area contributed by atoms with Gasteiger partial charge in [0.1, 0.15) is 0 Å². The molecule has 8 heteroatoms. The molecule has 0 spiro atoms. The number of nitrogens with zero attached hydrogens (tertiary/aromatic N) is 3. The molecule has 0 unspecified atom stereocenters. The number of methoxy groups -OCH3 is 3. The molecule has 0 fully saturated rings. The minimum absolute atomic E-state index is 0.555. The van der Waals surface area contributed by atoms with Crippen molar-refractivity contribution in [2.45, 2.75) is 0 Å². The molecule has 0 radical (unpaired) electrons. The lowest BCUT2D eigenvalue weighted by molar-refractivity contribution is 0.324. The predicted octanol–water partition coefficient (Wildman–Crippen LogP) is 4.23. The number of hydrogen-bond acceptors (Lipinski definition) is 7. The molecule has 0 saturated heterocycles. The molecule has 0 bridgehead atoms. The summed E-state index contributed by atoms with van der Waals surface area (Å²) >= 11 is 1.63.